The number of nitrogens with zero attached hydrogens (tertiary/aromatic N) is 2. The van der Waals surface area contributed by atoms with Crippen LogP contribution in [0.1, 0.15) is 5.56 Å². The number of phenolic OH excluding ortho intramolecular Hbond substituents is 1. The fraction of sp³-hybridized carbons (Fsp3) is 0.222. The van der Waals surface area contributed by atoms with Crippen molar-refractivity contribution in [2.75, 3.05) is 38.2 Å². The van der Waals surface area contributed by atoms with Crippen LogP contribution >= 0.6 is 11.6 Å². The van der Waals surface area contributed by atoms with Crippen LogP contribution in [0.4, 0.5) is 5.69 Å². The largest absolute Gasteiger partial charge is 0.507 e. The van der Waals surface area contributed by atoms with Crippen molar-refractivity contribution in [1.82, 2.24) is 4.90 Å². The Labute approximate surface area is 202 Å². The van der Waals surface area contributed by atoms with E-state index >= 15 is 0 Å². The van der Waals surface area contributed by atoms with E-state index in [0.29, 0.717) is 28.3 Å². The van der Waals surface area contributed by atoms with E-state index in [4.69, 9.17) is 20.8 Å². The molecule has 34 heavy (non-hydrogen) atoms. The Bertz CT molecular complexity index is 1360. The van der Waals surface area contributed by atoms with Gasteiger partial charge in [-0.3, -0.25) is 4.90 Å². The summed E-state index contributed by atoms with van der Waals surface area (Å²) < 4.78 is 11.0. The number of hydrogen-bond acceptors (Lipinski definition) is 6. The number of ether oxygens (including phenoxy) is 1. The van der Waals surface area contributed by atoms with Crippen molar-refractivity contribution in [2.24, 2.45) is 0 Å². The van der Waals surface area contributed by atoms with Gasteiger partial charge in [0.25, 0.3) is 0 Å². The second-order valence-corrected chi connectivity index (χ2v) is 8.83. The van der Waals surface area contributed by atoms with Crippen molar-refractivity contribution >= 4 is 28.3 Å². The topological polar surface area (TPSA) is 66.2 Å². The number of anilines is 1. The molecule has 5 rings (SSSR count). The van der Waals surface area contributed by atoms with Crippen molar-refractivity contribution in [3.05, 3.63) is 87.7 Å². The van der Waals surface area contributed by atoms with Crippen LogP contribution in [0, 0.1) is 0 Å². The van der Waals surface area contributed by atoms with Crippen LogP contribution in [0.15, 0.2) is 75.9 Å². The molecule has 6 nitrogen and oxygen atoms in total. The number of phenols is 1. The fourth-order valence-electron chi connectivity index (χ4n) is 4.40. The molecule has 174 valence electrons. The molecule has 1 N–H and O–H groups in total. The molecule has 7 heteroatoms. The van der Waals surface area contributed by atoms with Crippen LogP contribution in [-0.2, 0) is 6.54 Å². The Morgan fingerprint density at radius 3 is 2.35 bits per heavy atom. The second kappa shape index (κ2) is 9.41. The van der Waals surface area contributed by atoms with E-state index in [1.54, 1.807) is 43.5 Å². The summed E-state index contributed by atoms with van der Waals surface area (Å²) in [5.74, 6) is 0.974. The van der Waals surface area contributed by atoms with E-state index < -0.39 is 5.63 Å². The molecule has 3 aromatic carbocycles. The first-order valence-corrected chi connectivity index (χ1v) is 11.6. The van der Waals surface area contributed by atoms with Gasteiger partial charge in [0.05, 0.1) is 18.2 Å². The number of methoxy groups -OCH3 is 1. The van der Waals surface area contributed by atoms with Gasteiger partial charge in [-0.05, 0) is 60.2 Å². The minimum atomic E-state index is -0.439. The molecule has 1 aromatic heterocycles. The fourth-order valence-corrected chi connectivity index (χ4v) is 4.52. The van der Waals surface area contributed by atoms with Gasteiger partial charge in [-0.2, -0.15) is 0 Å². The monoisotopic (exact) mass is 476 g/mol. The number of aromatic hydroxyl groups is 1. The molecular formula is C27H25ClN2O4. The lowest BCUT2D eigenvalue weighted by molar-refractivity contribution is 0.246. The quantitative estimate of drug-likeness (QED) is 0.402. The number of benzene rings is 3. The molecule has 0 spiro atoms. The number of piperazine rings is 1. The van der Waals surface area contributed by atoms with Crippen LogP contribution in [0.2, 0.25) is 5.02 Å². The zero-order chi connectivity index (χ0) is 23.7. The molecule has 0 saturated carbocycles. The third-order valence-electron chi connectivity index (χ3n) is 6.33. The van der Waals surface area contributed by atoms with Crippen LogP contribution in [0.3, 0.4) is 0 Å². The first-order chi connectivity index (χ1) is 16.5. The average Bonchev–Trinajstić information content (AvgIpc) is 2.87. The van der Waals surface area contributed by atoms with E-state index in [1.807, 2.05) is 18.2 Å². The maximum atomic E-state index is 12.8. The zero-order valence-corrected chi connectivity index (χ0v) is 19.6. The molecule has 1 fully saturated rings. The van der Waals surface area contributed by atoms with Crippen molar-refractivity contribution in [3.8, 4) is 22.6 Å². The van der Waals surface area contributed by atoms with E-state index in [1.165, 1.54) is 0 Å². The summed E-state index contributed by atoms with van der Waals surface area (Å²) in [7, 11) is 1.66. The molecule has 0 amide bonds. The summed E-state index contributed by atoms with van der Waals surface area (Å²) in [6.45, 7) is 3.89. The van der Waals surface area contributed by atoms with Gasteiger partial charge >= 0.3 is 5.63 Å². The number of halogens is 1. The summed E-state index contributed by atoms with van der Waals surface area (Å²) in [5, 5.41) is 12.0. The average molecular weight is 477 g/mol. The molecule has 4 aromatic rings. The predicted octanol–water partition coefficient (Wildman–Crippen LogP) is 5.15. The lowest BCUT2D eigenvalue weighted by Crippen LogP contribution is -2.46. The van der Waals surface area contributed by atoms with Gasteiger partial charge in [-0.25, -0.2) is 4.79 Å². The maximum Gasteiger partial charge on any atom is 0.344 e. The minimum Gasteiger partial charge on any atom is -0.507 e. The van der Waals surface area contributed by atoms with Gasteiger partial charge in [-0.1, -0.05) is 23.7 Å². The van der Waals surface area contributed by atoms with Crippen molar-refractivity contribution in [1.29, 1.82) is 0 Å². The third kappa shape index (κ3) is 4.47. The van der Waals surface area contributed by atoms with E-state index in [-0.39, 0.29) is 5.75 Å². The van der Waals surface area contributed by atoms with Crippen molar-refractivity contribution in [2.45, 2.75) is 6.54 Å². The van der Waals surface area contributed by atoms with Crippen molar-refractivity contribution in [3.63, 3.8) is 0 Å². The normalized spacial score (nSPS) is 14.5. The minimum absolute atomic E-state index is 0.132. The summed E-state index contributed by atoms with van der Waals surface area (Å²) >= 11 is 5.98. The second-order valence-electron chi connectivity index (χ2n) is 8.40. The SMILES string of the molecule is COc1ccc(N2CCN(Cc3c(O)ccc4cc(-c5ccc(Cl)cc5)c(=O)oc34)CC2)cc1. The zero-order valence-electron chi connectivity index (χ0n) is 18.8. The molecule has 2 heterocycles. The Balaban J connectivity index is 1.36. The van der Waals surface area contributed by atoms with Gasteiger partial charge in [0, 0.05) is 48.8 Å². The maximum absolute atomic E-state index is 12.8. The van der Waals surface area contributed by atoms with Gasteiger partial charge in [0.15, 0.2) is 0 Å². The summed E-state index contributed by atoms with van der Waals surface area (Å²) in [6.07, 6.45) is 0. The highest BCUT2D eigenvalue weighted by atomic mass is 35.5. The van der Waals surface area contributed by atoms with Crippen LogP contribution < -0.4 is 15.3 Å². The lowest BCUT2D eigenvalue weighted by atomic mass is 10.0. The Morgan fingerprint density at radius 2 is 1.68 bits per heavy atom. The highest BCUT2D eigenvalue weighted by Gasteiger charge is 2.21. The molecule has 1 aliphatic rings. The van der Waals surface area contributed by atoms with Crippen LogP contribution in [0.25, 0.3) is 22.1 Å². The smallest absolute Gasteiger partial charge is 0.344 e. The first-order valence-electron chi connectivity index (χ1n) is 11.2. The molecule has 0 aliphatic carbocycles. The number of hydrogen-bond donors (Lipinski definition) is 1. The Hall–Kier alpha value is -3.48. The Morgan fingerprint density at radius 1 is 0.971 bits per heavy atom. The molecule has 0 unspecified atom stereocenters. The third-order valence-corrected chi connectivity index (χ3v) is 6.58. The van der Waals surface area contributed by atoms with E-state index in [9.17, 15) is 9.90 Å². The van der Waals surface area contributed by atoms with Crippen LogP contribution in [-0.4, -0.2) is 43.3 Å². The number of rotatable bonds is 5. The number of fused-ring (bicyclic) bond motifs is 1. The van der Waals surface area contributed by atoms with Gasteiger partial charge < -0.3 is 19.2 Å². The van der Waals surface area contributed by atoms with Crippen molar-refractivity contribution < 1.29 is 14.3 Å². The molecular weight excluding hydrogens is 452 g/mol. The molecule has 0 radical (unpaired) electrons. The first kappa shape index (κ1) is 22.3. The lowest BCUT2D eigenvalue weighted by Gasteiger charge is -2.36. The predicted molar refractivity (Wildman–Crippen MR) is 135 cm³/mol. The van der Waals surface area contributed by atoms with E-state index in [0.717, 1.165) is 48.6 Å². The highest BCUT2D eigenvalue weighted by molar-refractivity contribution is 6.30. The Kier molecular flexibility index (Phi) is 6.18. The van der Waals surface area contributed by atoms with Gasteiger partial charge in [-0.15, -0.1) is 0 Å². The van der Waals surface area contributed by atoms with E-state index in [2.05, 4.69) is 21.9 Å². The van der Waals surface area contributed by atoms with Gasteiger partial charge in [0.2, 0.25) is 0 Å². The summed E-state index contributed by atoms with van der Waals surface area (Å²) in [6, 6.07) is 20.4. The molecule has 0 bridgehead atoms. The molecule has 1 aliphatic heterocycles. The summed E-state index contributed by atoms with van der Waals surface area (Å²) in [4.78, 5) is 17.4. The standard InChI is InChI=1S/C27H25ClN2O4/c1-33-22-9-7-21(8-10-22)30-14-12-29(13-15-30)17-24-25(31)11-4-19-16-23(27(32)34-26(19)24)18-2-5-20(28)6-3-18/h2-11,16,31H,12-15,17H2,1H3. The molecule has 1 saturated heterocycles. The summed E-state index contributed by atoms with van der Waals surface area (Å²) in [5.41, 5.74) is 2.99. The van der Waals surface area contributed by atoms with Crippen LogP contribution in [0.5, 0.6) is 11.5 Å². The molecule has 0 atom stereocenters. The van der Waals surface area contributed by atoms with Gasteiger partial charge in [0.1, 0.15) is 17.1 Å². The highest BCUT2D eigenvalue weighted by Crippen LogP contribution is 2.31.